The zero-order chi connectivity index (χ0) is 19.5. The first kappa shape index (κ1) is 18.1. The van der Waals surface area contributed by atoms with Crippen molar-refractivity contribution in [3.05, 3.63) is 77.5 Å². The van der Waals surface area contributed by atoms with Crippen LogP contribution >= 0.6 is 0 Å². The van der Waals surface area contributed by atoms with Crippen molar-refractivity contribution < 1.29 is 13.5 Å². The molecule has 0 saturated carbocycles. The number of fused-ring (bicyclic) bond motifs is 1. The number of nitrogen functional groups attached to an aromatic ring is 1. The van der Waals surface area contributed by atoms with Crippen LogP contribution in [0.1, 0.15) is 18.4 Å². The topological polar surface area (TPSA) is 60.0 Å². The molecule has 2 aliphatic rings. The molecule has 0 saturated heterocycles. The van der Waals surface area contributed by atoms with Crippen molar-refractivity contribution >= 4 is 23.3 Å². The second-order valence-electron chi connectivity index (χ2n) is 6.73. The van der Waals surface area contributed by atoms with Gasteiger partial charge in [-0.1, -0.05) is 12.2 Å². The van der Waals surface area contributed by atoms with Gasteiger partial charge in [-0.05, 0) is 60.9 Å². The summed E-state index contributed by atoms with van der Waals surface area (Å²) in [5.41, 5.74) is 8.75. The predicted molar refractivity (Wildman–Crippen MR) is 107 cm³/mol. The fourth-order valence-electron chi connectivity index (χ4n) is 3.22. The van der Waals surface area contributed by atoms with E-state index in [0.29, 0.717) is 18.0 Å². The van der Waals surface area contributed by atoms with Crippen LogP contribution in [0.25, 0.3) is 5.57 Å². The molecule has 2 heterocycles. The summed E-state index contributed by atoms with van der Waals surface area (Å²) in [6.07, 6.45) is 7.41. The van der Waals surface area contributed by atoms with Crippen molar-refractivity contribution in [2.24, 2.45) is 15.9 Å². The fraction of sp³-hybridized carbons (Fsp3) is 0.182. The highest BCUT2D eigenvalue weighted by Crippen LogP contribution is 2.29. The van der Waals surface area contributed by atoms with Crippen molar-refractivity contribution in [1.29, 1.82) is 0 Å². The molecule has 1 atom stereocenters. The van der Waals surface area contributed by atoms with Crippen LogP contribution in [-0.4, -0.2) is 18.7 Å². The van der Waals surface area contributed by atoms with Crippen molar-refractivity contribution in [1.82, 2.24) is 0 Å². The Hall–Kier alpha value is -3.28. The summed E-state index contributed by atoms with van der Waals surface area (Å²) < 4.78 is 31.9. The molecule has 0 spiro atoms. The minimum absolute atomic E-state index is 0.185. The second kappa shape index (κ2) is 7.76. The lowest BCUT2D eigenvalue weighted by atomic mass is 9.95. The Balaban J connectivity index is 1.47. The first-order chi connectivity index (χ1) is 13.6. The Labute approximate surface area is 161 Å². The van der Waals surface area contributed by atoms with Crippen LogP contribution in [-0.2, 0) is 0 Å². The van der Waals surface area contributed by atoms with Gasteiger partial charge in [0.05, 0.1) is 5.70 Å². The zero-order valence-electron chi connectivity index (χ0n) is 15.1. The number of aliphatic imine (C=N–C) groups is 2. The van der Waals surface area contributed by atoms with Crippen LogP contribution in [0.4, 0.5) is 14.5 Å². The fourth-order valence-corrected chi connectivity index (χ4v) is 3.22. The molecule has 2 aromatic rings. The van der Waals surface area contributed by atoms with Crippen molar-refractivity contribution in [3.8, 4) is 5.75 Å². The second-order valence-corrected chi connectivity index (χ2v) is 6.73. The van der Waals surface area contributed by atoms with Crippen LogP contribution in [0, 0.1) is 17.6 Å². The van der Waals surface area contributed by atoms with E-state index in [0.717, 1.165) is 35.5 Å². The number of anilines is 1. The molecule has 1 unspecified atom stereocenters. The van der Waals surface area contributed by atoms with Gasteiger partial charge in [0, 0.05) is 23.4 Å². The molecule has 6 heteroatoms. The summed E-state index contributed by atoms with van der Waals surface area (Å²) in [4.78, 5) is 9.16. The number of nitrogens with zero attached hydrogens (tertiary/aromatic N) is 2. The third kappa shape index (κ3) is 4.01. The molecule has 0 aromatic heterocycles. The molecule has 0 fully saturated rings. The maximum atomic E-state index is 13.3. The minimum atomic E-state index is -0.361. The van der Waals surface area contributed by atoms with Gasteiger partial charge in [0.15, 0.2) is 0 Å². The molecule has 4 rings (SSSR count). The lowest BCUT2D eigenvalue weighted by molar-refractivity contribution is 0.348. The van der Waals surface area contributed by atoms with E-state index in [4.69, 9.17) is 10.5 Å². The molecule has 2 aromatic carbocycles. The summed E-state index contributed by atoms with van der Waals surface area (Å²) in [5.74, 6) is 0.854. The lowest BCUT2D eigenvalue weighted by Crippen LogP contribution is -2.16. The highest BCUT2D eigenvalue weighted by Gasteiger charge is 2.21. The molecule has 2 N–H and O–H groups in total. The number of rotatable bonds is 4. The van der Waals surface area contributed by atoms with E-state index in [-0.39, 0.29) is 17.6 Å². The Kier molecular flexibility index (Phi) is 5.02. The van der Waals surface area contributed by atoms with Crippen molar-refractivity contribution in [2.45, 2.75) is 12.8 Å². The number of allylic oxidation sites excluding steroid dienone is 3. The van der Waals surface area contributed by atoms with Gasteiger partial charge < -0.3 is 10.5 Å². The van der Waals surface area contributed by atoms with E-state index in [2.05, 4.69) is 16.1 Å². The van der Waals surface area contributed by atoms with E-state index < -0.39 is 0 Å². The molecule has 142 valence electrons. The monoisotopic (exact) mass is 379 g/mol. The number of halogens is 2. The van der Waals surface area contributed by atoms with Gasteiger partial charge in [0.1, 0.15) is 29.8 Å². The molecule has 0 amide bonds. The van der Waals surface area contributed by atoms with E-state index in [1.54, 1.807) is 24.4 Å². The quantitative estimate of drug-likeness (QED) is 0.777. The summed E-state index contributed by atoms with van der Waals surface area (Å²) >= 11 is 0. The first-order valence-electron chi connectivity index (χ1n) is 9.04. The molecular weight excluding hydrogens is 360 g/mol. The first-order valence-corrected chi connectivity index (χ1v) is 9.04. The maximum absolute atomic E-state index is 13.3. The number of hydrogen-bond acceptors (Lipinski definition) is 4. The average molecular weight is 379 g/mol. The summed E-state index contributed by atoms with van der Waals surface area (Å²) in [6.45, 7) is 0.294. The van der Waals surface area contributed by atoms with Gasteiger partial charge in [0.25, 0.3) is 0 Å². The smallest absolute Gasteiger partial charge is 0.132 e. The van der Waals surface area contributed by atoms with Gasteiger partial charge in [-0.15, -0.1) is 0 Å². The van der Waals surface area contributed by atoms with E-state index in [1.165, 1.54) is 24.3 Å². The third-order valence-corrected chi connectivity index (χ3v) is 4.74. The van der Waals surface area contributed by atoms with Gasteiger partial charge >= 0.3 is 0 Å². The van der Waals surface area contributed by atoms with Crippen LogP contribution in [0.15, 0.2) is 70.3 Å². The Morgan fingerprint density at radius 1 is 1.00 bits per heavy atom. The van der Waals surface area contributed by atoms with E-state index in [9.17, 15) is 8.78 Å². The largest absolute Gasteiger partial charge is 0.487 e. The molecule has 0 radical (unpaired) electrons. The standard InChI is InChI=1S/C22H19F2N3O/c23-16-4-8-19(9-5-16)28-13-18-7-3-14-1-2-15(12-26-22(14)27-18)20-10-6-17(24)11-21(20)25/h2,4-12,14H,1,3,13,25H2. The number of nitrogens with two attached hydrogens (primary N) is 1. The van der Waals surface area contributed by atoms with Crippen molar-refractivity contribution in [3.63, 3.8) is 0 Å². The highest BCUT2D eigenvalue weighted by molar-refractivity contribution is 6.16. The number of hydrogen-bond donors (Lipinski definition) is 1. The SMILES string of the molecule is Nc1cc(F)ccc1C1=CCC2CC=C(COc3ccc(F)cc3)N=C2N=C1. The van der Waals surface area contributed by atoms with Crippen LogP contribution in [0.2, 0.25) is 0 Å². The maximum Gasteiger partial charge on any atom is 0.132 e. The Morgan fingerprint density at radius 3 is 2.54 bits per heavy atom. The number of amidine groups is 1. The Bertz CT molecular complexity index is 1010. The lowest BCUT2D eigenvalue weighted by Gasteiger charge is -2.18. The molecular formula is C22H19F2N3O. The van der Waals surface area contributed by atoms with Gasteiger partial charge in [-0.2, -0.15) is 0 Å². The van der Waals surface area contributed by atoms with E-state index in [1.807, 2.05) is 6.08 Å². The normalized spacial score (nSPS) is 18.5. The Morgan fingerprint density at radius 2 is 1.75 bits per heavy atom. The molecule has 4 nitrogen and oxygen atoms in total. The highest BCUT2D eigenvalue weighted by atomic mass is 19.1. The molecule has 0 bridgehead atoms. The zero-order valence-corrected chi connectivity index (χ0v) is 15.1. The van der Waals surface area contributed by atoms with Crippen LogP contribution in [0.5, 0.6) is 5.75 Å². The molecule has 2 aliphatic heterocycles. The minimum Gasteiger partial charge on any atom is -0.487 e. The average Bonchev–Trinajstić information content (AvgIpc) is 2.90. The number of benzene rings is 2. The van der Waals surface area contributed by atoms with Gasteiger partial charge in [0.2, 0.25) is 0 Å². The summed E-state index contributed by atoms with van der Waals surface area (Å²) in [5, 5.41) is 0. The van der Waals surface area contributed by atoms with Crippen molar-refractivity contribution in [2.75, 3.05) is 12.3 Å². The van der Waals surface area contributed by atoms with Gasteiger partial charge in [-0.3, -0.25) is 0 Å². The summed E-state index contributed by atoms with van der Waals surface area (Å²) in [6, 6.07) is 10.3. The number of ether oxygens (including phenoxy) is 1. The summed E-state index contributed by atoms with van der Waals surface area (Å²) in [7, 11) is 0. The van der Waals surface area contributed by atoms with Crippen LogP contribution < -0.4 is 10.5 Å². The molecule has 28 heavy (non-hydrogen) atoms. The van der Waals surface area contributed by atoms with Gasteiger partial charge in [-0.25, -0.2) is 18.8 Å². The van der Waals surface area contributed by atoms with Crippen LogP contribution in [0.3, 0.4) is 0 Å². The predicted octanol–water partition coefficient (Wildman–Crippen LogP) is 4.79. The van der Waals surface area contributed by atoms with E-state index >= 15 is 0 Å². The molecule has 0 aliphatic carbocycles. The third-order valence-electron chi connectivity index (χ3n) is 4.74.